The normalized spacial score (nSPS) is 20.7. The summed E-state index contributed by atoms with van der Waals surface area (Å²) >= 11 is 3.06. The summed E-state index contributed by atoms with van der Waals surface area (Å²) in [5.41, 5.74) is 2.48. The SMILES string of the molecule is NNC(CCC1CCCO1)c1c(F)ccc(Br)c1F. The van der Waals surface area contributed by atoms with Crippen LogP contribution in [0.2, 0.25) is 0 Å². The number of nitrogens with two attached hydrogens (primary N) is 1. The minimum atomic E-state index is -0.602. The van der Waals surface area contributed by atoms with Gasteiger partial charge in [-0.25, -0.2) is 8.78 Å². The lowest BCUT2D eigenvalue weighted by Crippen LogP contribution is -2.30. The molecule has 1 saturated heterocycles. The Morgan fingerprint density at radius 1 is 1.47 bits per heavy atom. The van der Waals surface area contributed by atoms with Crippen molar-refractivity contribution in [1.29, 1.82) is 0 Å². The quantitative estimate of drug-likeness (QED) is 0.494. The van der Waals surface area contributed by atoms with Crippen LogP contribution in [0, 0.1) is 11.6 Å². The van der Waals surface area contributed by atoms with Crippen LogP contribution in [0.5, 0.6) is 0 Å². The van der Waals surface area contributed by atoms with Crippen LogP contribution in [-0.4, -0.2) is 12.7 Å². The average molecular weight is 335 g/mol. The Morgan fingerprint density at radius 3 is 2.89 bits per heavy atom. The number of hydrogen-bond acceptors (Lipinski definition) is 3. The highest BCUT2D eigenvalue weighted by Crippen LogP contribution is 2.30. The molecule has 1 aliphatic rings. The van der Waals surface area contributed by atoms with Gasteiger partial charge in [0.2, 0.25) is 0 Å². The molecule has 2 atom stereocenters. The Morgan fingerprint density at radius 2 is 2.26 bits per heavy atom. The van der Waals surface area contributed by atoms with Gasteiger partial charge in [0, 0.05) is 12.2 Å². The number of hydrazine groups is 1. The predicted molar refractivity (Wildman–Crippen MR) is 72.3 cm³/mol. The third-order valence-electron chi connectivity index (χ3n) is 3.43. The second-order valence-electron chi connectivity index (χ2n) is 4.69. The molecule has 1 heterocycles. The molecule has 3 N–H and O–H groups in total. The highest BCUT2D eigenvalue weighted by molar-refractivity contribution is 9.10. The summed E-state index contributed by atoms with van der Waals surface area (Å²) in [6.45, 7) is 0.769. The van der Waals surface area contributed by atoms with Crippen molar-refractivity contribution in [2.45, 2.75) is 37.8 Å². The van der Waals surface area contributed by atoms with Gasteiger partial charge in [0.1, 0.15) is 11.6 Å². The molecule has 2 rings (SSSR count). The van der Waals surface area contributed by atoms with Gasteiger partial charge in [-0.3, -0.25) is 11.3 Å². The molecule has 0 saturated carbocycles. The molecule has 6 heteroatoms. The van der Waals surface area contributed by atoms with Crippen LogP contribution in [-0.2, 0) is 4.74 Å². The van der Waals surface area contributed by atoms with Gasteiger partial charge in [0.05, 0.1) is 16.6 Å². The molecule has 1 fully saturated rings. The first-order chi connectivity index (χ1) is 9.13. The largest absolute Gasteiger partial charge is 0.378 e. The van der Waals surface area contributed by atoms with Crippen LogP contribution in [0.25, 0.3) is 0 Å². The Labute approximate surface area is 119 Å². The van der Waals surface area contributed by atoms with E-state index >= 15 is 0 Å². The van der Waals surface area contributed by atoms with Gasteiger partial charge >= 0.3 is 0 Å². The third kappa shape index (κ3) is 3.51. The minimum Gasteiger partial charge on any atom is -0.378 e. The van der Waals surface area contributed by atoms with Crippen molar-refractivity contribution in [1.82, 2.24) is 5.43 Å². The third-order valence-corrected chi connectivity index (χ3v) is 4.04. The van der Waals surface area contributed by atoms with E-state index in [0.717, 1.165) is 25.9 Å². The maximum atomic E-state index is 14.0. The molecular formula is C13H17BrF2N2O. The number of rotatable bonds is 5. The Hall–Kier alpha value is -0.560. The van der Waals surface area contributed by atoms with E-state index in [1.54, 1.807) is 0 Å². The van der Waals surface area contributed by atoms with Gasteiger partial charge in [-0.2, -0.15) is 0 Å². The van der Waals surface area contributed by atoms with Gasteiger partial charge < -0.3 is 4.74 Å². The lowest BCUT2D eigenvalue weighted by molar-refractivity contribution is 0.0993. The summed E-state index contributed by atoms with van der Waals surface area (Å²) in [7, 11) is 0. The first kappa shape index (κ1) is 14.8. The fourth-order valence-electron chi connectivity index (χ4n) is 2.40. The molecule has 3 nitrogen and oxygen atoms in total. The molecule has 0 aromatic heterocycles. The van der Waals surface area contributed by atoms with Gasteiger partial charge in [0.25, 0.3) is 0 Å². The monoisotopic (exact) mass is 334 g/mol. The molecular weight excluding hydrogens is 318 g/mol. The summed E-state index contributed by atoms with van der Waals surface area (Å²) in [4.78, 5) is 0. The molecule has 2 unspecified atom stereocenters. The Kier molecular flexibility index (Phi) is 5.27. The summed E-state index contributed by atoms with van der Waals surface area (Å²) in [5, 5.41) is 0. The maximum Gasteiger partial charge on any atom is 0.145 e. The Bertz CT molecular complexity index is 439. The van der Waals surface area contributed by atoms with E-state index in [0.29, 0.717) is 6.42 Å². The predicted octanol–water partition coefficient (Wildman–Crippen LogP) is 3.19. The van der Waals surface area contributed by atoms with E-state index in [-0.39, 0.29) is 16.1 Å². The standard InChI is InChI=1S/C13H17BrF2N2O/c14-9-4-5-10(15)12(13(9)16)11(18-17)6-3-8-2-1-7-19-8/h4-5,8,11,18H,1-3,6-7,17H2. The van der Waals surface area contributed by atoms with E-state index in [1.165, 1.54) is 12.1 Å². The van der Waals surface area contributed by atoms with Crippen LogP contribution in [0.1, 0.15) is 37.3 Å². The van der Waals surface area contributed by atoms with Crippen molar-refractivity contribution in [3.8, 4) is 0 Å². The maximum absolute atomic E-state index is 14.0. The van der Waals surface area contributed by atoms with Crippen molar-refractivity contribution in [2.24, 2.45) is 5.84 Å². The van der Waals surface area contributed by atoms with E-state index in [9.17, 15) is 8.78 Å². The van der Waals surface area contributed by atoms with Crippen molar-refractivity contribution in [2.75, 3.05) is 6.61 Å². The lowest BCUT2D eigenvalue weighted by Gasteiger charge is -2.20. The summed E-state index contributed by atoms with van der Waals surface area (Å²) < 4.78 is 33.5. The highest BCUT2D eigenvalue weighted by atomic mass is 79.9. The molecule has 0 radical (unpaired) electrons. The van der Waals surface area contributed by atoms with Crippen LogP contribution < -0.4 is 11.3 Å². The van der Waals surface area contributed by atoms with E-state index in [1.807, 2.05) is 0 Å². The van der Waals surface area contributed by atoms with Crippen molar-refractivity contribution < 1.29 is 13.5 Å². The summed E-state index contributed by atoms with van der Waals surface area (Å²) in [5.74, 6) is 4.25. The summed E-state index contributed by atoms with van der Waals surface area (Å²) in [6.07, 6.45) is 3.49. The number of hydrogen-bond donors (Lipinski definition) is 2. The molecule has 0 amide bonds. The fourth-order valence-corrected chi connectivity index (χ4v) is 2.74. The molecule has 1 aromatic carbocycles. The minimum absolute atomic E-state index is 0.0186. The zero-order valence-electron chi connectivity index (χ0n) is 10.5. The van der Waals surface area contributed by atoms with Gasteiger partial charge in [0.15, 0.2) is 0 Å². The van der Waals surface area contributed by atoms with Crippen LogP contribution >= 0.6 is 15.9 Å². The first-order valence-corrected chi connectivity index (χ1v) is 7.14. The number of halogens is 3. The van der Waals surface area contributed by atoms with Crippen molar-refractivity contribution >= 4 is 15.9 Å². The topological polar surface area (TPSA) is 47.3 Å². The lowest BCUT2D eigenvalue weighted by atomic mass is 9.99. The molecule has 106 valence electrons. The first-order valence-electron chi connectivity index (χ1n) is 6.34. The van der Waals surface area contributed by atoms with Crippen LogP contribution in [0.15, 0.2) is 16.6 Å². The number of ether oxygens (including phenoxy) is 1. The number of nitrogens with one attached hydrogen (secondary N) is 1. The Balaban J connectivity index is 2.10. The second-order valence-corrected chi connectivity index (χ2v) is 5.54. The van der Waals surface area contributed by atoms with Crippen LogP contribution in [0.4, 0.5) is 8.78 Å². The van der Waals surface area contributed by atoms with Gasteiger partial charge in [-0.15, -0.1) is 0 Å². The molecule has 0 spiro atoms. The average Bonchev–Trinajstić information content (AvgIpc) is 2.91. The van der Waals surface area contributed by atoms with E-state index < -0.39 is 17.7 Å². The van der Waals surface area contributed by atoms with Gasteiger partial charge in [-0.1, -0.05) is 0 Å². The fraction of sp³-hybridized carbons (Fsp3) is 0.538. The van der Waals surface area contributed by atoms with Crippen molar-refractivity contribution in [3.63, 3.8) is 0 Å². The zero-order valence-corrected chi connectivity index (χ0v) is 12.1. The van der Waals surface area contributed by atoms with E-state index in [2.05, 4.69) is 21.4 Å². The van der Waals surface area contributed by atoms with Gasteiger partial charge in [-0.05, 0) is 53.7 Å². The molecule has 0 aliphatic carbocycles. The number of benzene rings is 1. The molecule has 0 bridgehead atoms. The molecule has 1 aliphatic heterocycles. The smallest absolute Gasteiger partial charge is 0.145 e. The molecule has 19 heavy (non-hydrogen) atoms. The second kappa shape index (κ2) is 6.74. The van der Waals surface area contributed by atoms with E-state index in [4.69, 9.17) is 10.6 Å². The zero-order chi connectivity index (χ0) is 13.8. The van der Waals surface area contributed by atoms with Crippen molar-refractivity contribution in [3.05, 3.63) is 33.8 Å². The molecule has 1 aromatic rings. The van der Waals surface area contributed by atoms with Crippen LogP contribution in [0.3, 0.4) is 0 Å². The summed E-state index contributed by atoms with van der Waals surface area (Å²) in [6, 6.07) is 2.03. The highest BCUT2D eigenvalue weighted by Gasteiger charge is 2.23.